The standard InChI is InChI=1S/C24H24N2O5S2/c1-13(2)31-23(28)20-14(3)25-24-26(21(20)18-7-6-10-32-18)22(27)19(33-24)12-15-8-9-16(29-4)17(11-15)30-5/h6-13,21H,1-5H3/b19-12-/t21-/m1/s1. The van der Waals surface area contributed by atoms with Gasteiger partial charge in [-0.1, -0.05) is 23.5 Å². The fraction of sp³-hybridized carbons (Fsp3) is 0.292. The van der Waals surface area contributed by atoms with Crippen molar-refractivity contribution in [2.24, 2.45) is 4.99 Å². The Morgan fingerprint density at radius 1 is 1.18 bits per heavy atom. The van der Waals surface area contributed by atoms with Crippen LogP contribution in [0.1, 0.15) is 37.3 Å². The molecule has 33 heavy (non-hydrogen) atoms. The Morgan fingerprint density at radius 3 is 2.58 bits per heavy atom. The molecule has 9 heteroatoms. The molecule has 2 aromatic heterocycles. The van der Waals surface area contributed by atoms with Crippen LogP contribution in [0.25, 0.3) is 6.08 Å². The van der Waals surface area contributed by atoms with Crippen molar-refractivity contribution in [2.45, 2.75) is 32.9 Å². The van der Waals surface area contributed by atoms with Crippen molar-refractivity contribution in [1.82, 2.24) is 4.57 Å². The molecular formula is C24H24N2O5S2. The quantitative estimate of drug-likeness (QED) is 0.502. The van der Waals surface area contributed by atoms with Crippen molar-refractivity contribution in [3.05, 3.63) is 77.1 Å². The van der Waals surface area contributed by atoms with E-state index in [1.54, 1.807) is 51.7 Å². The Bertz CT molecular complexity index is 1400. The maximum atomic E-state index is 13.6. The Morgan fingerprint density at radius 2 is 1.94 bits per heavy atom. The zero-order valence-electron chi connectivity index (χ0n) is 18.9. The van der Waals surface area contributed by atoms with E-state index < -0.39 is 12.0 Å². The predicted molar refractivity (Wildman–Crippen MR) is 129 cm³/mol. The number of rotatable bonds is 6. The number of carbonyl (C=O) groups excluding carboxylic acids is 1. The van der Waals surface area contributed by atoms with Crippen LogP contribution in [0.4, 0.5) is 0 Å². The number of aromatic nitrogens is 1. The van der Waals surface area contributed by atoms with Crippen LogP contribution in [-0.2, 0) is 9.53 Å². The molecule has 0 radical (unpaired) electrons. The molecule has 0 aliphatic carbocycles. The lowest BCUT2D eigenvalue weighted by Crippen LogP contribution is -2.39. The number of methoxy groups -OCH3 is 2. The lowest BCUT2D eigenvalue weighted by Gasteiger charge is -2.24. The highest BCUT2D eigenvalue weighted by Crippen LogP contribution is 2.33. The van der Waals surface area contributed by atoms with Gasteiger partial charge >= 0.3 is 5.97 Å². The van der Waals surface area contributed by atoms with E-state index in [2.05, 4.69) is 4.99 Å². The first-order chi connectivity index (χ1) is 15.8. The number of thiazole rings is 1. The summed E-state index contributed by atoms with van der Waals surface area (Å²) in [4.78, 5) is 32.6. The molecule has 0 N–H and O–H groups in total. The Hall–Kier alpha value is -3.17. The van der Waals surface area contributed by atoms with E-state index in [4.69, 9.17) is 14.2 Å². The highest BCUT2D eigenvalue weighted by Gasteiger charge is 2.34. The Labute approximate surface area is 198 Å². The van der Waals surface area contributed by atoms with Gasteiger partial charge in [-0.15, -0.1) is 11.3 Å². The van der Waals surface area contributed by atoms with E-state index in [0.717, 1.165) is 10.4 Å². The topological polar surface area (TPSA) is 79.1 Å². The monoisotopic (exact) mass is 484 g/mol. The molecule has 7 nitrogen and oxygen atoms in total. The van der Waals surface area contributed by atoms with Crippen LogP contribution in [-0.4, -0.2) is 30.9 Å². The second kappa shape index (κ2) is 9.36. The molecule has 0 saturated heterocycles. The zero-order chi connectivity index (χ0) is 23.7. The average Bonchev–Trinajstić information content (AvgIpc) is 3.41. The van der Waals surface area contributed by atoms with Gasteiger partial charge < -0.3 is 14.2 Å². The highest BCUT2D eigenvalue weighted by atomic mass is 32.1. The summed E-state index contributed by atoms with van der Waals surface area (Å²) < 4.78 is 18.3. The maximum Gasteiger partial charge on any atom is 0.338 e. The Balaban J connectivity index is 1.89. The minimum Gasteiger partial charge on any atom is -0.493 e. The van der Waals surface area contributed by atoms with Crippen molar-refractivity contribution in [1.29, 1.82) is 0 Å². The summed E-state index contributed by atoms with van der Waals surface area (Å²) in [5, 5.41) is 1.93. The molecule has 172 valence electrons. The van der Waals surface area contributed by atoms with Crippen LogP contribution >= 0.6 is 22.7 Å². The van der Waals surface area contributed by atoms with Crippen LogP contribution in [0.15, 0.2) is 56.8 Å². The first kappa shape index (κ1) is 23.0. The van der Waals surface area contributed by atoms with Gasteiger partial charge in [-0.25, -0.2) is 9.79 Å². The van der Waals surface area contributed by atoms with Gasteiger partial charge in [-0.2, -0.15) is 0 Å². The fourth-order valence-corrected chi connectivity index (χ4v) is 5.54. The van der Waals surface area contributed by atoms with Gasteiger partial charge in [-0.3, -0.25) is 9.36 Å². The van der Waals surface area contributed by atoms with Crippen molar-refractivity contribution >= 4 is 34.7 Å². The summed E-state index contributed by atoms with van der Waals surface area (Å²) in [5.74, 6) is 0.724. The number of thiophene rings is 1. The summed E-state index contributed by atoms with van der Waals surface area (Å²) >= 11 is 2.77. The summed E-state index contributed by atoms with van der Waals surface area (Å²) in [6.07, 6.45) is 1.51. The van der Waals surface area contributed by atoms with Crippen LogP contribution in [0.2, 0.25) is 0 Å². The molecule has 1 aliphatic rings. The third kappa shape index (κ3) is 4.38. The van der Waals surface area contributed by atoms with Gasteiger partial charge in [0.25, 0.3) is 5.56 Å². The van der Waals surface area contributed by atoms with E-state index in [9.17, 15) is 9.59 Å². The highest BCUT2D eigenvalue weighted by molar-refractivity contribution is 7.10. The number of benzene rings is 1. The molecule has 0 bridgehead atoms. The first-order valence-electron chi connectivity index (χ1n) is 10.3. The smallest absolute Gasteiger partial charge is 0.338 e. The number of nitrogens with zero attached hydrogens (tertiary/aromatic N) is 2. The van der Waals surface area contributed by atoms with E-state index in [1.165, 1.54) is 22.7 Å². The molecule has 0 spiro atoms. The molecule has 1 aliphatic heterocycles. The van der Waals surface area contributed by atoms with Crippen LogP contribution in [0.3, 0.4) is 0 Å². The molecule has 1 aromatic carbocycles. The number of allylic oxidation sites excluding steroid dienone is 1. The zero-order valence-corrected chi connectivity index (χ0v) is 20.6. The SMILES string of the molecule is COc1ccc(/C=c2\sc3n(c2=O)[C@H](c2cccs2)C(C(=O)OC(C)C)=C(C)N=3)cc1OC. The number of hydrogen-bond acceptors (Lipinski definition) is 8. The summed E-state index contributed by atoms with van der Waals surface area (Å²) in [5.41, 5.74) is 1.52. The van der Waals surface area contributed by atoms with Gasteiger partial charge in [0.05, 0.1) is 36.1 Å². The fourth-order valence-electron chi connectivity index (χ4n) is 3.67. The van der Waals surface area contributed by atoms with Gasteiger partial charge in [0.15, 0.2) is 16.3 Å². The van der Waals surface area contributed by atoms with E-state index in [-0.39, 0.29) is 11.7 Å². The number of ether oxygens (including phenoxy) is 3. The van der Waals surface area contributed by atoms with E-state index in [0.29, 0.717) is 32.1 Å². The third-order valence-electron chi connectivity index (χ3n) is 5.10. The first-order valence-corrected chi connectivity index (χ1v) is 12.0. The normalized spacial score (nSPS) is 15.9. The molecule has 0 unspecified atom stereocenters. The number of fused-ring (bicyclic) bond motifs is 1. The van der Waals surface area contributed by atoms with Crippen molar-refractivity contribution in [3.63, 3.8) is 0 Å². The lowest BCUT2D eigenvalue weighted by atomic mass is 10.0. The van der Waals surface area contributed by atoms with Crippen LogP contribution in [0.5, 0.6) is 11.5 Å². The number of carbonyl (C=O) groups is 1. The van der Waals surface area contributed by atoms with Gasteiger partial charge in [0.2, 0.25) is 0 Å². The predicted octanol–water partition coefficient (Wildman–Crippen LogP) is 3.27. The van der Waals surface area contributed by atoms with Gasteiger partial charge in [0.1, 0.15) is 6.04 Å². The van der Waals surface area contributed by atoms with Gasteiger partial charge in [-0.05, 0) is 56.0 Å². The molecule has 0 fully saturated rings. The van der Waals surface area contributed by atoms with E-state index >= 15 is 0 Å². The third-order valence-corrected chi connectivity index (χ3v) is 7.01. The second-order valence-corrected chi connectivity index (χ2v) is 9.65. The maximum absolute atomic E-state index is 13.6. The second-order valence-electron chi connectivity index (χ2n) is 7.67. The molecule has 3 heterocycles. The van der Waals surface area contributed by atoms with E-state index in [1.807, 2.05) is 29.6 Å². The lowest BCUT2D eigenvalue weighted by molar-refractivity contribution is -0.143. The minimum atomic E-state index is -0.583. The molecular weight excluding hydrogens is 460 g/mol. The number of esters is 1. The van der Waals surface area contributed by atoms with Crippen molar-refractivity contribution < 1.29 is 19.0 Å². The molecule has 4 rings (SSSR count). The minimum absolute atomic E-state index is 0.214. The molecule has 1 atom stereocenters. The summed E-state index contributed by atoms with van der Waals surface area (Å²) in [6.45, 7) is 5.38. The van der Waals surface area contributed by atoms with Crippen LogP contribution < -0.4 is 24.4 Å². The molecule has 3 aromatic rings. The van der Waals surface area contributed by atoms with Crippen molar-refractivity contribution in [3.8, 4) is 11.5 Å². The summed E-state index contributed by atoms with van der Waals surface area (Å²) in [6, 6.07) is 8.69. The van der Waals surface area contributed by atoms with Crippen molar-refractivity contribution in [2.75, 3.05) is 14.2 Å². The molecule has 0 saturated carbocycles. The average molecular weight is 485 g/mol. The largest absolute Gasteiger partial charge is 0.493 e. The van der Waals surface area contributed by atoms with Gasteiger partial charge in [0, 0.05) is 4.88 Å². The summed E-state index contributed by atoms with van der Waals surface area (Å²) in [7, 11) is 3.14. The Kier molecular flexibility index (Phi) is 6.53. The molecule has 0 amide bonds. The number of hydrogen-bond donors (Lipinski definition) is 0. The van der Waals surface area contributed by atoms with Crippen LogP contribution in [0, 0.1) is 0 Å².